The van der Waals surface area contributed by atoms with Gasteiger partial charge in [-0.05, 0) is 12.5 Å². The van der Waals surface area contributed by atoms with E-state index in [1.165, 1.54) is 0 Å². The molecule has 0 saturated heterocycles. The summed E-state index contributed by atoms with van der Waals surface area (Å²) in [6, 6.07) is 8.01. The number of nitrogens with one attached hydrogen (secondary N) is 1. The number of para-hydroxylation sites is 1. The number of carbonyl (C=O) groups is 1. The molecule has 1 saturated carbocycles. The van der Waals surface area contributed by atoms with Gasteiger partial charge >= 0.3 is 0 Å². The zero-order chi connectivity index (χ0) is 14.5. The molecule has 2 unspecified atom stereocenters. The lowest BCUT2D eigenvalue weighted by Gasteiger charge is -2.50. The summed E-state index contributed by atoms with van der Waals surface area (Å²) < 4.78 is 1.74. The standard InChI is InChI=1S/C15H20N4O/c1-15(2)11(16)8-12(15)17-14(20)13-9-6-4-5-7-10(9)19(3)18-13/h4-7,11-12H,8,16H2,1-3H3,(H,17,20). The van der Waals surface area contributed by atoms with Gasteiger partial charge in [0.1, 0.15) is 0 Å². The molecule has 5 nitrogen and oxygen atoms in total. The molecule has 20 heavy (non-hydrogen) atoms. The molecule has 1 aromatic heterocycles. The number of hydrogen-bond donors (Lipinski definition) is 2. The summed E-state index contributed by atoms with van der Waals surface area (Å²) in [5.74, 6) is -0.119. The maximum Gasteiger partial charge on any atom is 0.272 e. The molecule has 1 aromatic carbocycles. The Bertz CT molecular complexity index is 674. The number of carbonyl (C=O) groups excluding carboxylic acids is 1. The number of hydrogen-bond acceptors (Lipinski definition) is 3. The summed E-state index contributed by atoms with van der Waals surface area (Å²) in [6.07, 6.45) is 0.823. The van der Waals surface area contributed by atoms with Crippen LogP contribution in [0, 0.1) is 5.41 Å². The van der Waals surface area contributed by atoms with Gasteiger partial charge in [-0.25, -0.2) is 0 Å². The zero-order valence-corrected chi connectivity index (χ0v) is 12.1. The van der Waals surface area contributed by atoms with Crippen LogP contribution in [0.15, 0.2) is 24.3 Å². The Balaban J connectivity index is 1.87. The monoisotopic (exact) mass is 272 g/mol. The van der Waals surface area contributed by atoms with E-state index < -0.39 is 0 Å². The third kappa shape index (κ3) is 1.81. The summed E-state index contributed by atoms with van der Waals surface area (Å²) in [7, 11) is 1.85. The molecule has 0 spiro atoms. The largest absolute Gasteiger partial charge is 0.347 e. The van der Waals surface area contributed by atoms with Crippen LogP contribution in [0.1, 0.15) is 30.8 Å². The highest BCUT2D eigenvalue weighted by molar-refractivity contribution is 6.05. The molecule has 2 aromatic rings. The van der Waals surface area contributed by atoms with Crippen molar-refractivity contribution in [3.63, 3.8) is 0 Å². The number of aromatic nitrogens is 2. The van der Waals surface area contributed by atoms with Crippen LogP contribution in [0.2, 0.25) is 0 Å². The SMILES string of the molecule is Cn1nc(C(=O)NC2CC(N)C2(C)C)c2ccccc21. The fourth-order valence-corrected chi connectivity index (χ4v) is 2.81. The second-order valence-electron chi connectivity index (χ2n) is 6.18. The number of fused-ring (bicyclic) bond motifs is 1. The van der Waals surface area contributed by atoms with Crippen molar-refractivity contribution in [1.82, 2.24) is 15.1 Å². The molecule has 1 fully saturated rings. The summed E-state index contributed by atoms with van der Waals surface area (Å²) in [4.78, 5) is 12.4. The van der Waals surface area contributed by atoms with Crippen molar-refractivity contribution in [1.29, 1.82) is 0 Å². The Hall–Kier alpha value is -1.88. The predicted octanol–water partition coefficient (Wildman–Crippen LogP) is 1.43. The maximum absolute atomic E-state index is 12.4. The lowest BCUT2D eigenvalue weighted by atomic mass is 9.63. The number of aryl methyl sites for hydroxylation is 1. The van der Waals surface area contributed by atoms with Crippen molar-refractivity contribution in [3.05, 3.63) is 30.0 Å². The van der Waals surface area contributed by atoms with Crippen molar-refractivity contribution >= 4 is 16.8 Å². The second kappa shape index (κ2) is 4.31. The van der Waals surface area contributed by atoms with Crippen molar-refractivity contribution in [2.24, 2.45) is 18.2 Å². The smallest absolute Gasteiger partial charge is 0.272 e. The van der Waals surface area contributed by atoms with Gasteiger partial charge in [0.2, 0.25) is 0 Å². The molecule has 1 heterocycles. The van der Waals surface area contributed by atoms with Crippen LogP contribution in [-0.2, 0) is 7.05 Å². The molecular formula is C15H20N4O. The zero-order valence-electron chi connectivity index (χ0n) is 12.1. The van der Waals surface area contributed by atoms with E-state index in [-0.39, 0.29) is 23.4 Å². The molecule has 1 amide bonds. The first-order chi connectivity index (χ1) is 9.41. The molecule has 0 bridgehead atoms. The first-order valence-corrected chi connectivity index (χ1v) is 6.89. The normalized spacial score (nSPS) is 24.4. The van der Waals surface area contributed by atoms with Crippen LogP contribution in [-0.4, -0.2) is 27.8 Å². The predicted molar refractivity (Wildman–Crippen MR) is 78.3 cm³/mol. The van der Waals surface area contributed by atoms with Gasteiger partial charge in [-0.2, -0.15) is 5.10 Å². The first-order valence-electron chi connectivity index (χ1n) is 6.89. The molecular weight excluding hydrogens is 252 g/mol. The minimum absolute atomic E-state index is 0.0553. The number of benzene rings is 1. The molecule has 3 N–H and O–H groups in total. The molecule has 2 atom stereocenters. The highest BCUT2D eigenvalue weighted by Crippen LogP contribution is 2.39. The number of nitrogens with zero attached hydrogens (tertiary/aromatic N) is 2. The van der Waals surface area contributed by atoms with Gasteiger partial charge in [0.25, 0.3) is 5.91 Å². The van der Waals surface area contributed by atoms with Crippen LogP contribution in [0.25, 0.3) is 10.9 Å². The van der Waals surface area contributed by atoms with Crippen molar-refractivity contribution < 1.29 is 4.79 Å². The highest BCUT2D eigenvalue weighted by atomic mass is 16.2. The number of nitrogens with two attached hydrogens (primary N) is 1. The van der Waals surface area contributed by atoms with E-state index in [1.807, 2.05) is 31.3 Å². The van der Waals surface area contributed by atoms with E-state index >= 15 is 0 Å². The summed E-state index contributed by atoms with van der Waals surface area (Å²) in [6.45, 7) is 4.17. The van der Waals surface area contributed by atoms with E-state index in [0.29, 0.717) is 5.69 Å². The van der Waals surface area contributed by atoms with E-state index in [2.05, 4.69) is 24.3 Å². The molecule has 1 aliphatic carbocycles. The number of rotatable bonds is 2. The van der Waals surface area contributed by atoms with Gasteiger partial charge in [0.05, 0.1) is 5.52 Å². The van der Waals surface area contributed by atoms with Gasteiger partial charge in [-0.15, -0.1) is 0 Å². The lowest BCUT2D eigenvalue weighted by molar-refractivity contribution is 0.0584. The summed E-state index contributed by atoms with van der Waals surface area (Å²) in [5.41, 5.74) is 7.38. The van der Waals surface area contributed by atoms with Crippen LogP contribution in [0.4, 0.5) is 0 Å². The molecule has 1 aliphatic rings. The fourth-order valence-electron chi connectivity index (χ4n) is 2.81. The maximum atomic E-state index is 12.4. The molecule has 3 rings (SSSR count). The van der Waals surface area contributed by atoms with Crippen LogP contribution >= 0.6 is 0 Å². The third-order valence-electron chi connectivity index (χ3n) is 4.62. The topological polar surface area (TPSA) is 72.9 Å². The van der Waals surface area contributed by atoms with Crippen molar-refractivity contribution in [2.75, 3.05) is 0 Å². The third-order valence-corrected chi connectivity index (χ3v) is 4.62. The minimum Gasteiger partial charge on any atom is -0.347 e. The van der Waals surface area contributed by atoms with Crippen molar-refractivity contribution in [2.45, 2.75) is 32.4 Å². The highest BCUT2D eigenvalue weighted by Gasteiger charge is 2.46. The Kier molecular flexibility index (Phi) is 2.83. The van der Waals surface area contributed by atoms with Gasteiger partial charge in [-0.1, -0.05) is 32.0 Å². The Morgan fingerprint density at radius 2 is 2.15 bits per heavy atom. The van der Waals surface area contributed by atoms with E-state index in [9.17, 15) is 4.79 Å². The Labute approximate surface area is 118 Å². The minimum atomic E-state index is -0.119. The van der Waals surface area contributed by atoms with Crippen LogP contribution < -0.4 is 11.1 Å². The van der Waals surface area contributed by atoms with E-state index in [4.69, 9.17) is 5.73 Å². The number of amides is 1. The van der Waals surface area contributed by atoms with Crippen LogP contribution in [0.5, 0.6) is 0 Å². The van der Waals surface area contributed by atoms with Crippen LogP contribution in [0.3, 0.4) is 0 Å². The molecule has 0 aliphatic heterocycles. The summed E-state index contributed by atoms with van der Waals surface area (Å²) >= 11 is 0. The van der Waals surface area contributed by atoms with E-state index in [1.54, 1.807) is 4.68 Å². The quantitative estimate of drug-likeness (QED) is 0.868. The molecule has 106 valence electrons. The second-order valence-corrected chi connectivity index (χ2v) is 6.18. The summed E-state index contributed by atoms with van der Waals surface area (Å²) in [5, 5.41) is 8.29. The van der Waals surface area contributed by atoms with Gasteiger partial charge in [-0.3, -0.25) is 9.48 Å². The van der Waals surface area contributed by atoms with Crippen molar-refractivity contribution in [3.8, 4) is 0 Å². The average molecular weight is 272 g/mol. The Morgan fingerprint density at radius 3 is 2.80 bits per heavy atom. The first kappa shape index (κ1) is 13.1. The Morgan fingerprint density at radius 1 is 1.45 bits per heavy atom. The van der Waals surface area contributed by atoms with Gasteiger partial charge in [0, 0.05) is 29.9 Å². The van der Waals surface area contributed by atoms with E-state index in [0.717, 1.165) is 17.3 Å². The lowest BCUT2D eigenvalue weighted by Crippen LogP contribution is -2.64. The van der Waals surface area contributed by atoms with Gasteiger partial charge in [0.15, 0.2) is 5.69 Å². The van der Waals surface area contributed by atoms with Gasteiger partial charge < -0.3 is 11.1 Å². The molecule has 5 heteroatoms. The molecule has 0 radical (unpaired) electrons. The fraction of sp³-hybridized carbons (Fsp3) is 0.467. The average Bonchev–Trinajstić information content (AvgIpc) is 2.76.